The number of rotatable bonds is 5. The first-order valence-electron chi connectivity index (χ1n) is 11.9. The van der Waals surface area contributed by atoms with Crippen LogP contribution in [0.15, 0.2) is 23.1 Å². The van der Waals surface area contributed by atoms with Crippen LogP contribution >= 0.6 is 0 Å². The summed E-state index contributed by atoms with van der Waals surface area (Å²) >= 11 is 0. The molecule has 1 aromatic heterocycles. The van der Waals surface area contributed by atoms with Crippen LogP contribution in [-0.4, -0.2) is 66.1 Å². The summed E-state index contributed by atoms with van der Waals surface area (Å²) in [6, 6.07) is 6.12. The van der Waals surface area contributed by atoms with Crippen molar-refractivity contribution in [3.8, 4) is 0 Å². The lowest BCUT2D eigenvalue weighted by atomic mass is 9.78. The fourth-order valence-electron chi connectivity index (χ4n) is 5.84. The van der Waals surface area contributed by atoms with E-state index < -0.39 is 10.0 Å². The highest BCUT2D eigenvalue weighted by molar-refractivity contribution is 7.89. The van der Waals surface area contributed by atoms with Crippen molar-refractivity contribution < 1.29 is 13.2 Å². The summed E-state index contributed by atoms with van der Waals surface area (Å²) in [5, 5.41) is 0. The van der Waals surface area contributed by atoms with Crippen LogP contribution in [0.3, 0.4) is 0 Å². The van der Waals surface area contributed by atoms with Gasteiger partial charge in [-0.25, -0.2) is 13.4 Å². The number of morpholine rings is 1. The lowest BCUT2D eigenvalue weighted by Crippen LogP contribution is -2.46. The fourth-order valence-corrected chi connectivity index (χ4v) is 7.26. The normalized spacial score (nSPS) is 26.2. The van der Waals surface area contributed by atoms with Gasteiger partial charge in [-0.1, -0.05) is 12.8 Å². The molecule has 31 heavy (non-hydrogen) atoms. The second-order valence-electron chi connectivity index (χ2n) is 9.16. The predicted molar refractivity (Wildman–Crippen MR) is 120 cm³/mol. The molecule has 2 saturated heterocycles. The Bertz CT molecular complexity index is 1030. The van der Waals surface area contributed by atoms with E-state index in [4.69, 9.17) is 9.72 Å². The van der Waals surface area contributed by atoms with Crippen LogP contribution in [0.4, 0.5) is 0 Å². The first-order chi connectivity index (χ1) is 15.1. The third kappa shape index (κ3) is 4.03. The summed E-state index contributed by atoms with van der Waals surface area (Å²) in [6.07, 6.45) is 8.03. The minimum absolute atomic E-state index is 0.333. The lowest BCUT2D eigenvalue weighted by molar-refractivity contribution is 0.0520. The van der Waals surface area contributed by atoms with Gasteiger partial charge in [0.05, 0.1) is 35.7 Å². The topological polar surface area (TPSA) is 67.7 Å². The van der Waals surface area contributed by atoms with Crippen molar-refractivity contribution in [2.75, 3.05) is 32.8 Å². The van der Waals surface area contributed by atoms with Gasteiger partial charge in [-0.3, -0.25) is 4.90 Å². The van der Waals surface area contributed by atoms with Crippen LogP contribution in [0.5, 0.6) is 0 Å². The van der Waals surface area contributed by atoms with Gasteiger partial charge < -0.3 is 9.30 Å². The molecule has 2 aliphatic heterocycles. The second kappa shape index (κ2) is 8.81. The molecule has 0 unspecified atom stereocenters. The molecule has 1 aliphatic carbocycles. The molecule has 0 amide bonds. The molecule has 3 heterocycles. The van der Waals surface area contributed by atoms with Crippen LogP contribution in [0.2, 0.25) is 0 Å². The van der Waals surface area contributed by atoms with Crippen molar-refractivity contribution in [2.24, 2.45) is 5.92 Å². The first-order valence-corrected chi connectivity index (χ1v) is 13.3. The monoisotopic (exact) mass is 446 g/mol. The summed E-state index contributed by atoms with van der Waals surface area (Å²) in [4.78, 5) is 7.93. The summed E-state index contributed by atoms with van der Waals surface area (Å²) in [5.74, 6) is 1.90. The zero-order chi connectivity index (χ0) is 21.4. The molecule has 0 bridgehead atoms. The Balaban J connectivity index is 1.44. The Hall–Kier alpha value is -1.48. The van der Waals surface area contributed by atoms with E-state index in [1.807, 2.05) is 6.07 Å². The molecule has 170 valence electrons. The van der Waals surface area contributed by atoms with Crippen molar-refractivity contribution in [1.29, 1.82) is 0 Å². The highest BCUT2D eigenvalue weighted by Gasteiger charge is 2.34. The van der Waals surface area contributed by atoms with E-state index >= 15 is 0 Å². The molecule has 2 atom stereocenters. The molecule has 3 fully saturated rings. The van der Waals surface area contributed by atoms with E-state index in [0.29, 0.717) is 37.2 Å². The molecule has 8 heteroatoms. The van der Waals surface area contributed by atoms with Crippen molar-refractivity contribution in [3.63, 3.8) is 0 Å². The number of ether oxygens (including phenoxy) is 1. The standard InChI is InChI=1S/C23H34N4O3S/c1-2-27-22-10-9-19(31(28,29)26-12-14-30-15-13-26)16-20(22)24-23(27)17-25-11-5-7-18-6-3-4-8-21(18)25/h9-10,16,18,21H,2-8,11-15,17H2,1H3/t18-,21+/m1/s1. The molecule has 2 aromatic rings. The molecule has 0 radical (unpaired) electrons. The van der Waals surface area contributed by atoms with Crippen LogP contribution in [-0.2, 0) is 27.8 Å². The minimum atomic E-state index is -3.51. The zero-order valence-electron chi connectivity index (χ0n) is 18.5. The molecule has 0 N–H and O–H groups in total. The molecule has 7 nitrogen and oxygen atoms in total. The Kier molecular flexibility index (Phi) is 6.07. The third-order valence-electron chi connectivity index (χ3n) is 7.43. The van der Waals surface area contributed by atoms with Gasteiger partial charge in [0.25, 0.3) is 0 Å². The van der Waals surface area contributed by atoms with Crippen molar-refractivity contribution in [1.82, 2.24) is 18.8 Å². The van der Waals surface area contributed by atoms with Gasteiger partial charge in [-0.15, -0.1) is 0 Å². The second-order valence-corrected chi connectivity index (χ2v) is 11.1. The van der Waals surface area contributed by atoms with Gasteiger partial charge in [-0.2, -0.15) is 4.31 Å². The Morgan fingerprint density at radius 3 is 2.65 bits per heavy atom. The van der Waals surface area contributed by atoms with Crippen LogP contribution in [0, 0.1) is 5.92 Å². The zero-order valence-corrected chi connectivity index (χ0v) is 19.3. The fraction of sp³-hybridized carbons (Fsp3) is 0.696. The molecule has 0 spiro atoms. The van der Waals surface area contributed by atoms with Gasteiger partial charge in [0.15, 0.2) is 0 Å². The van der Waals surface area contributed by atoms with Crippen LogP contribution in [0.25, 0.3) is 11.0 Å². The van der Waals surface area contributed by atoms with E-state index in [2.05, 4.69) is 16.4 Å². The van der Waals surface area contributed by atoms with E-state index in [0.717, 1.165) is 42.4 Å². The largest absolute Gasteiger partial charge is 0.379 e. The Morgan fingerprint density at radius 2 is 1.84 bits per heavy atom. The van der Waals surface area contributed by atoms with E-state index in [-0.39, 0.29) is 0 Å². The smallest absolute Gasteiger partial charge is 0.243 e. The first kappa shape index (κ1) is 21.4. The van der Waals surface area contributed by atoms with Crippen molar-refractivity contribution in [2.45, 2.75) is 69.5 Å². The third-order valence-corrected chi connectivity index (χ3v) is 9.32. The maximum absolute atomic E-state index is 13.1. The average Bonchev–Trinajstić information content (AvgIpc) is 3.16. The SMILES string of the molecule is CCn1c(CN2CCC[C@H]3CCCC[C@@H]32)nc2cc(S(=O)(=O)N3CCOCC3)ccc21. The van der Waals surface area contributed by atoms with Crippen molar-refractivity contribution in [3.05, 3.63) is 24.0 Å². The van der Waals surface area contributed by atoms with Gasteiger partial charge in [-0.05, 0) is 63.3 Å². The minimum Gasteiger partial charge on any atom is -0.379 e. The number of imidazole rings is 1. The van der Waals surface area contributed by atoms with E-state index in [1.165, 1.54) is 42.8 Å². The predicted octanol–water partition coefficient (Wildman–Crippen LogP) is 3.23. The molecule has 1 aromatic carbocycles. The lowest BCUT2D eigenvalue weighted by Gasteiger charge is -2.44. The number of fused-ring (bicyclic) bond motifs is 2. The average molecular weight is 447 g/mol. The van der Waals surface area contributed by atoms with E-state index in [9.17, 15) is 8.42 Å². The summed E-state index contributed by atoms with van der Waals surface area (Å²) in [5.41, 5.74) is 1.80. The number of sulfonamides is 1. The number of aryl methyl sites for hydroxylation is 1. The number of piperidine rings is 1. The molecular formula is C23H34N4O3S. The number of likely N-dealkylation sites (tertiary alicyclic amines) is 1. The van der Waals surface area contributed by atoms with Crippen molar-refractivity contribution >= 4 is 21.1 Å². The molecule has 3 aliphatic rings. The maximum atomic E-state index is 13.1. The van der Waals surface area contributed by atoms with Crippen LogP contribution < -0.4 is 0 Å². The quantitative estimate of drug-likeness (QED) is 0.705. The van der Waals surface area contributed by atoms with Gasteiger partial charge in [0.2, 0.25) is 10.0 Å². The number of nitrogens with zero attached hydrogens (tertiary/aromatic N) is 4. The number of hydrogen-bond donors (Lipinski definition) is 0. The summed E-state index contributed by atoms with van der Waals surface area (Å²) < 4.78 is 35.3. The summed E-state index contributed by atoms with van der Waals surface area (Å²) in [7, 11) is -3.51. The van der Waals surface area contributed by atoms with Gasteiger partial charge in [0.1, 0.15) is 5.82 Å². The highest BCUT2D eigenvalue weighted by atomic mass is 32.2. The summed E-state index contributed by atoms with van der Waals surface area (Å²) in [6.45, 7) is 6.70. The maximum Gasteiger partial charge on any atom is 0.243 e. The Morgan fingerprint density at radius 1 is 1.06 bits per heavy atom. The molecule has 1 saturated carbocycles. The van der Waals surface area contributed by atoms with Gasteiger partial charge >= 0.3 is 0 Å². The molecular weight excluding hydrogens is 412 g/mol. The number of hydrogen-bond acceptors (Lipinski definition) is 5. The number of aromatic nitrogens is 2. The number of benzene rings is 1. The Labute approximate surface area is 185 Å². The van der Waals surface area contributed by atoms with Crippen LogP contribution in [0.1, 0.15) is 51.3 Å². The van der Waals surface area contributed by atoms with E-state index in [1.54, 1.807) is 12.1 Å². The highest BCUT2D eigenvalue weighted by Crippen LogP contribution is 2.36. The molecule has 5 rings (SSSR count). The van der Waals surface area contributed by atoms with Gasteiger partial charge in [0, 0.05) is 25.7 Å².